The first-order valence-corrected chi connectivity index (χ1v) is 7.90. The molecule has 4 nitrogen and oxygen atoms in total. The lowest BCUT2D eigenvalue weighted by molar-refractivity contribution is 0.168. The Balaban J connectivity index is 1.75. The van der Waals surface area contributed by atoms with Crippen LogP contribution in [0.15, 0.2) is 46.6 Å². The van der Waals surface area contributed by atoms with E-state index in [-0.39, 0.29) is 6.10 Å². The normalized spacial score (nSPS) is 18.9. The lowest BCUT2D eigenvalue weighted by atomic mass is 10.1. The molecule has 0 aliphatic carbocycles. The number of furan rings is 1. The minimum absolute atomic E-state index is 0.139. The number of fused-ring (bicyclic) bond motifs is 1. The minimum atomic E-state index is 0.139. The van der Waals surface area contributed by atoms with Gasteiger partial charge in [0.1, 0.15) is 23.4 Å². The van der Waals surface area contributed by atoms with E-state index >= 15 is 0 Å². The van der Waals surface area contributed by atoms with Crippen LogP contribution in [0.3, 0.4) is 0 Å². The molecule has 0 saturated heterocycles. The zero-order chi connectivity index (χ0) is 16.2. The van der Waals surface area contributed by atoms with Gasteiger partial charge in [0.25, 0.3) is 0 Å². The average molecular weight is 313 g/mol. The predicted molar refractivity (Wildman–Crippen MR) is 90.7 cm³/mol. The van der Waals surface area contributed by atoms with Crippen molar-refractivity contribution in [1.29, 1.82) is 0 Å². The smallest absolute Gasteiger partial charge is 0.127 e. The number of benzene rings is 1. The van der Waals surface area contributed by atoms with Gasteiger partial charge < -0.3 is 13.9 Å². The zero-order valence-corrected chi connectivity index (χ0v) is 13.9. The average Bonchev–Trinajstić information content (AvgIpc) is 2.95. The molecule has 0 spiro atoms. The maximum Gasteiger partial charge on any atom is 0.127 e. The number of hydrogen-bond acceptors (Lipinski definition) is 4. The van der Waals surface area contributed by atoms with Gasteiger partial charge in [-0.1, -0.05) is 11.6 Å². The molecule has 3 rings (SSSR count). The molecule has 1 atom stereocenters. The maximum absolute atomic E-state index is 6.06. The molecule has 2 aromatic rings. The molecule has 2 heterocycles. The zero-order valence-electron chi connectivity index (χ0n) is 13.9. The van der Waals surface area contributed by atoms with Crippen molar-refractivity contribution < 1.29 is 13.9 Å². The summed E-state index contributed by atoms with van der Waals surface area (Å²) in [6.07, 6.45) is 3.93. The van der Waals surface area contributed by atoms with Crippen LogP contribution in [0.5, 0.6) is 11.5 Å². The van der Waals surface area contributed by atoms with E-state index < -0.39 is 0 Å². The van der Waals surface area contributed by atoms with Crippen molar-refractivity contribution in [3.05, 3.63) is 53.5 Å². The van der Waals surface area contributed by atoms with Crippen LogP contribution in [0.2, 0.25) is 0 Å². The Kier molecular flexibility index (Phi) is 4.72. The van der Waals surface area contributed by atoms with Gasteiger partial charge in [-0.3, -0.25) is 4.90 Å². The number of ether oxygens (including phenoxy) is 2. The second-order valence-corrected chi connectivity index (χ2v) is 6.08. The molecule has 0 saturated carbocycles. The third-order valence-electron chi connectivity index (χ3n) is 3.92. The van der Waals surface area contributed by atoms with Crippen LogP contribution < -0.4 is 9.47 Å². The quantitative estimate of drug-likeness (QED) is 0.855. The van der Waals surface area contributed by atoms with Crippen molar-refractivity contribution in [3.8, 4) is 11.5 Å². The largest absolute Gasteiger partial charge is 0.497 e. The van der Waals surface area contributed by atoms with Crippen LogP contribution in [0, 0.1) is 0 Å². The highest BCUT2D eigenvalue weighted by Crippen LogP contribution is 2.29. The van der Waals surface area contributed by atoms with Crippen molar-refractivity contribution in [2.24, 2.45) is 0 Å². The molecule has 1 aliphatic rings. The summed E-state index contributed by atoms with van der Waals surface area (Å²) in [6.45, 7) is 6.88. The highest BCUT2D eigenvalue weighted by molar-refractivity contribution is 5.47. The van der Waals surface area contributed by atoms with E-state index in [4.69, 9.17) is 13.9 Å². The molecule has 1 aliphatic heterocycles. The summed E-state index contributed by atoms with van der Waals surface area (Å²) < 4.78 is 16.7. The topological polar surface area (TPSA) is 34.8 Å². The fourth-order valence-electron chi connectivity index (χ4n) is 2.96. The van der Waals surface area contributed by atoms with Gasteiger partial charge in [0.15, 0.2) is 0 Å². The van der Waals surface area contributed by atoms with Crippen molar-refractivity contribution in [2.75, 3.05) is 20.2 Å². The lowest BCUT2D eigenvalue weighted by Crippen LogP contribution is -2.32. The predicted octanol–water partition coefficient (Wildman–Crippen LogP) is 3.97. The van der Waals surface area contributed by atoms with Crippen molar-refractivity contribution >= 4 is 6.08 Å². The van der Waals surface area contributed by atoms with Crippen molar-refractivity contribution in [2.45, 2.75) is 26.5 Å². The fraction of sp³-hybridized carbons (Fsp3) is 0.368. The third-order valence-corrected chi connectivity index (χ3v) is 3.92. The Labute approximate surface area is 137 Å². The van der Waals surface area contributed by atoms with Crippen LogP contribution in [0.4, 0.5) is 0 Å². The van der Waals surface area contributed by atoms with Gasteiger partial charge in [-0.2, -0.15) is 0 Å². The molecule has 0 amide bonds. The van der Waals surface area contributed by atoms with E-state index in [1.807, 2.05) is 24.3 Å². The summed E-state index contributed by atoms with van der Waals surface area (Å²) in [5.41, 5.74) is 2.46. The van der Waals surface area contributed by atoms with Crippen molar-refractivity contribution in [1.82, 2.24) is 4.90 Å². The molecule has 0 fully saturated rings. The SMILES string of the molecule is COc1ccc2c(c1)OC(C)CN(C/C(C)=C/c1ccco1)C2. The highest BCUT2D eigenvalue weighted by Gasteiger charge is 2.20. The molecule has 4 heteroatoms. The van der Waals surface area contributed by atoms with Gasteiger partial charge in [-0.15, -0.1) is 0 Å². The summed E-state index contributed by atoms with van der Waals surface area (Å²) >= 11 is 0. The Hall–Kier alpha value is -2.20. The Morgan fingerprint density at radius 3 is 3.00 bits per heavy atom. The third kappa shape index (κ3) is 3.96. The minimum Gasteiger partial charge on any atom is -0.497 e. The van der Waals surface area contributed by atoms with E-state index in [9.17, 15) is 0 Å². The molecule has 0 bridgehead atoms. The summed E-state index contributed by atoms with van der Waals surface area (Å²) in [7, 11) is 1.68. The number of rotatable bonds is 4. The van der Waals surface area contributed by atoms with Gasteiger partial charge in [0.2, 0.25) is 0 Å². The number of nitrogens with zero attached hydrogens (tertiary/aromatic N) is 1. The molecular weight excluding hydrogens is 290 g/mol. The Morgan fingerprint density at radius 1 is 1.39 bits per heavy atom. The first kappa shape index (κ1) is 15.7. The van der Waals surface area contributed by atoms with Gasteiger partial charge in [-0.25, -0.2) is 0 Å². The van der Waals surface area contributed by atoms with E-state index in [0.717, 1.165) is 36.9 Å². The molecule has 23 heavy (non-hydrogen) atoms. The van der Waals surface area contributed by atoms with E-state index in [1.165, 1.54) is 11.1 Å². The monoisotopic (exact) mass is 313 g/mol. The van der Waals surface area contributed by atoms with Crippen molar-refractivity contribution in [3.63, 3.8) is 0 Å². The number of hydrogen-bond donors (Lipinski definition) is 0. The van der Waals surface area contributed by atoms with E-state index in [2.05, 4.69) is 30.9 Å². The molecule has 0 N–H and O–H groups in total. The van der Waals surface area contributed by atoms with E-state index in [1.54, 1.807) is 13.4 Å². The second-order valence-electron chi connectivity index (χ2n) is 6.08. The Bertz CT molecular complexity index is 676. The van der Waals surface area contributed by atoms with Crippen LogP contribution in [-0.2, 0) is 6.54 Å². The molecule has 122 valence electrons. The Morgan fingerprint density at radius 2 is 2.26 bits per heavy atom. The van der Waals surface area contributed by atoms with Gasteiger partial charge >= 0.3 is 0 Å². The first-order valence-electron chi connectivity index (χ1n) is 7.90. The molecule has 1 unspecified atom stereocenters. The first-order chi connectivity index (χ1) is 11.1. The van der Waals surface area contributed by atoms with Crippen LogP contribution in [-0.4, -0.2) is 31.2 Å². The molecule has 1 aromatic heterocycles. The summed E-state index contributed by atoms with van der Waals surface area (Å²) in [4.78, 5) is 2.40. The van der Waals surface area contributed by atoms with Crippen LogP contribution >= 0.6 is 0 Å². The van der Waals surface area contributed by atoms with Gasteiger partial charge in [0, 0.05) is 31.3 Å². The molecule has 1 aromatic carbocycles. The standard InChI is InChI=1S/C19H23NO3/c1-14(9-18-5-4-8-22-18)11-20-12-15(2)23-19-10-17(21-3)7-6-16(19)13-20/h4-10,15H,11-13H2,1-3H3/b14-9+. The fourth-order valence-corrected chi connectivity index (χ4v) is 2.96. The highest BCUT2D eigenvalue weighted by atomic mass is 16.5. The maximum atomic E-state index is 6.06. The lowest BCUT2D eigenvalue weighted by Gasteiger charge is -2.22. The molecule has 0 radical (unpaired) electrons. The van der Waals surface area contributed by atoms with Crippen LogP contribution in [0.25, 0.3) is 6.08 Å². The number of methoxy groups -OCH3 is 1. The summed E-state index contributed by atoms with van der Waals surface area (Å²) in [6, 6.07) is 9.93. The second kappa shape index (κ2) is 6.92. The molecular formula is C19H23NO3. The van der Waals surface area contributed by atoms with Crippen LogP contribution in [0.1, 0.15) is 25.2 Å². The summed E-state index contributed by atoms with van der Waals surface area (Å²) in [5, 5.41) is 0. The van der Waals surface area contributed by atoms with E-state index in [0.29, 0.717) is 0 Å². The van der Waals surface area contributed by atoms with Gasteiger partial charge in [-0.05, 0) is 38.1 Å². The summed E-state index contributed by atoms with van der Waals surface area (Å²) in [5.74, 6) is 2.65. The van der Waals surface area contributed by atoms with Gasteiger partial charge in [0.05, 0.1) is 13.4 Å².